The number of halogens is 1. The zero-order valence-corrected chi connectivity index (χ0v) is 6.18. The number of aryl methyl sites for hydroxylation is 1. The average molecular weight is 151 g/mol. The molecule has 1 atom stereocenters. The van der Waals surface area contributed by atoms with Crippen molar-refractivity contribution in [3.05, 3.63) is 29.3 Å². The van der Waals surface area contributed by atoms with E-state index in [1.54, 1.807) is 12.1 Å². The van der Waals surface area contributed by atoms with Crippen molar-refractivity contribution >= 4 is 5.69 Å². The van der Waals surface area contributed by atoms with Crippen LogP contribution < -0.4 is 5.73 Å². The van der Waals surface area contributed by atoms with Gasteiger partial charge in [-0.15, -0.1) is 0 Å². The van der Waals surface area contributed by atoms with Crippen LogP contribution in [0.4, 0.5) is 10.1 Å². The van der Waals surface area contributed by atoms with Crippen LogP contribution in [0.3, 0.4) is 0 Å². The molecule has 0 radical (unpaired) electrons. The molecule has 2 rings (SSSR count). The lowest BCUT2D eigenvalue weighted by Gasteiger charge is -2.01. The zero-order valence-electron chi connectivity index (χ0n) is 6.18. The number of hydrogen-bond donors (Lipinski definition) is 1. The van der Waals surface area contributed by atoms with Gasteiger partial charge < -0.3 is 5.73 Å². The molecule has 0 saturated heterocycles. The van der Waals surface area contributed by atoms with Crippen LogP contribution in [0.1, 0.15) is 23.7 Å². The molecule has 2 heteroatoms. The first kappa shape index (κ1) is 6.65. The summed E-state index contributed by atoms with van der Waals surface area (Å²) in [7, 11) is 0. The van der Waals surface area contributed by atoms with E-state index in [1.807, 2.05) is 6.07 Å². The second kappa shape index (κ2) is 2.22. The van der Waals surface area contributed by atoms with Crippen LogP contribution in [0, 0.1) is 0 Å². The summed E-state index contributed by atoms with van der Waals surface area (Å²) in [5, 5.41) is 0. The van der Waals surface area contributed by atoms with Crippen LogP contribution in [0.5, 0.6) is 0 Å². The molecule has 1 aliphatic carbocycles. The van der Waals surface area contributed by atoms with Gasteiger partial charge in [0.2, 0.25) is 0 Å². The molecule has 0 fully saturated rings. The van der Waals surface area contributed by atoms with Crippen molar-refractivity contribution in [2.45, 2.75) is 19.0 Å². The van der Waals surface area contributed by atoms with Gasteiger partial charge in [0.25, 0.3) is 0 Å². The minimum Gasteiger partial charge on any atom is -0.399 e. The molecule has 0 saturated carbocycles. The van der Waals surface area contributed by atoms with E-state index in [4.69, 9.17) is 5.73 Å². The topological polar surface area (TPSA) is 26.0 Å². The zero-order chi connectivity index (χ0) is 7.84. The Balaban J connectivity index is 2.50. The number of anilines is 1. The Morgan fingerprint density at radius 1 is 1.45 bits per heavy atom. The maximum absolute atomic E-state index is 13.0. The van der Waals surface area contributed by atoms with Gasteiger partial charge in [0.1, 0.15) is 6.17 Å². The molecule has 1 nitrogen and oxygen atoms in total. The summed E-state index contributed by atoms with van der Waals surface area (Å²) in [5.74, 6) is 0. The SMILES string of the molecule is Nc1ccc2c(c1)CCC2F. The monoisotopic (exact) mass is 151 g/mol. The summed E-state index contributed by atoms with van der Waals surface area (Å²) in [5.41, 5.74) is 8.20. The number of hydrogen-bond acceptors (Lipinski definition) is 1. The Bertz CT molecular complexity index is 283. The Morgan fingerprint density at radius 2 is 2.27 bits per heavy atom. The summed E-state index contributed by atoms with van der Waals surface area (Å²) in [6, 6.07) is 5.42. The molecular formula is C9H10FN. The third kappa shape index (κ3) is 0.985. The molecule has 1 aliphatic rings. The molecule has 0 aliphatic heterocycles. The maximum atomic E-state index is 13.0. The van der Waals surface area contributed by atoms with Crippen molar-refractivity contribution in [3.8, 4) is 0 Å². The molecule has 2 N–H and O–H groups in total. The maximum Gasteiger partial charge on any atom is 0.126 e. The van der Waals surface area contributed by atoms with Gasteiger partial charge in [-0.2, -0.15) is 0 Å². The van der Waals surface area contributed by atoms with Crippen molar-refractivity contribution in [1.82, 2.24) is 0 Å². The van der Waals surface area contributed by atoms with Crippen molar-refractivity contribution < 1.29 is 4.39 Å². The fourth-order valence-electron chi connectivity index (χ4n) is 1.59. The van der Waals surface area contributed by atoms with Crippen molar-refractivity contribution in [2.75, 3.05) is 5.73 Å². The first-order valence-corrected chi connectivity index (χ1v) is 3.80. The van der Waals surface area contributed by atoms with E-state index in [2.05, 4.69) is 0 Å². The molecule has 0 amide bonds. The first-order chi connectivity index (χ1) is 5.27. The van der Waals surface area contributed by atoms with Crippen LogP contribution in [0.25, 0.3) is 0 Å². The third-order valence-electron chi connectivity index (χ3n) is 2.17. The lowest BCUT2D eigenvalue weighted by Crippen LogP contribution is -1.88. The van der Waals surface area contributed by atoms with E-state index in [9.17, 15) is 4.39 Å². The predicted molar refractivity (Wildman–Crippen MR) is 43.0 cm³/mol. The smallest absolute Gasteiger partial charge is 0.126 e. The fourth-order valence-corrected chi connectivity index (χ4v) is 1.59. The molecule has 0 spiro atoms. The van der Waals surface area contributed by atoms with E-state index in [0.717, 1.165) is 23.2 Å². The van der Waals surface area contributed by atoms with Gasteiger partial charge in [-0.25, -0.2) is 4.39 Å². The van der Waals surface area contributed by atoms with Gasteiger partial charge in [-0.1, -0.05) is 6.07 Å². The summed E-state index contributed by atoms with van der Waals surface area (Å²) >= 11 is 0. The van der Waals surface area contributed by atoms with E-state index in [0.29, 0.717) is 6.42 Å². The number of alkyl halides is 1. The Hall–Kier alpha value is -1.05. The Labute approximate surface area is 65.0 Å². The normalized spacial score (nSPS) is 21.7. The highest BCUT2D eigenvalue weighted by atomic mass is 19.1. The number of fused-ring (bicyclic) bond motifs is 1. The molecule has 0 bridgehead atoms. The lowest BCUT2D eigenvalue weighted by molar-refractivity contribution is 0.344. The van der Waals surface area contributed by atoms with E-state index in [1.165, 1.54) is 0 Å². The lowest BCUT2D eigenvalue weighted by atomic mass is 10.1. The summed E-state index contributed by atoms with van der Waals surface area (Å²) < 4.78 is 13.0. The van der Waals surface area contributed by atoms with Crippen molar-refractivity contribution in [1.29, 1.82) is 0 Å². The molecular weight excluding hydrogens is 141 g/mol. The number of rotatable bonds is 0. The quantitative estimate of drug-likeness (QED) is 0.565. The second-order valence-electron chi connectivity index (χ2n) is 2.96. The van der Waals surface area contributed by atoms with E-state index in [-0.39, 0.29) is 0 Å². The molecule has 1 unspecified atom stereocenters. The molecule has 0 aromatic heterocycles. The van der Waals surface area contributed by atoms with Crippen LogP contribution in [-0.4, -0.2) is 0 Å². The summed E-state index contributed by atoms with van der Waals surface area (Å²) in [6.07, 6.45) is 0.700. The highest BCUT2D eigenvalue weighted by Crippen LogP contribution is 2.34. The Morgan fingerprint density at radius 3 is 3.09 bits per heavy atom. The molecule has 11 heavy (non-hydrogen) atoms. The van der Waals surface area contributed by atoms with Gasteiger partial charge in [-0.05, 0) is 36.1 Å². The fraction of sp³-hybridized carbons (Fsp3) is 0.333. The molecule has 1 aromatic carbocycles. The van der Waals surface area contributed by atoms with Gasteiger partial charge in [0.05, 0.1) is 0 Å². The van der Waals surface area contributed by atoms with Crippen LogP contribution in [-0.2, 0) is 6.42 Å². The minimum atomic E-state index is -0.759. The van der Waals surface area contributed by atoms with Gasteiger partial charge in [0, 0.05) is 5.69 Å². The number of nitrogen functional groups attached to an aromatic ring is 1. The third-order valence-corrected chi connectivity index (χ3v) is 2.17. The van der Waals surface area contributed by atoms with Crippen LogP contribution in [0.2, 0.25) is 0 Å². The van der Waals surface area contributed by atoms with Crippen molar-refractivity contribution in [3.63, 3.8) is 0 Å². The van der Waals surface area contributed by atoms with Crippen LogP contribution >= 0.6 is 0 Å². The van der Waals surface area contributed by atoms with E-state index < -0.39 is 6.17 Å². The average Bonchev–Trinajstić information content (AvgIpc) is 2.32. The molecule has 1 aromatic rings. The number of benzene rings is 1. The second-order valence-corrected chi connectivity index (χ2v) is 2.96. The van der Waals surface area contributed by atoms with Gasteiger partial charge >= 0.3 is 0 Å². The minimum absolute atomic E-state index is 0.624. The highest BCUT2D eigenvalue weighted by Gasteiger charge is 2.20. The predicted octanol–water partition coefficient (Wildman–Crippen LogP) is 2.23. The Kier molecular flexibility index (Phi) is 1.34. The summed E-state index contributed by atoms with van der Waals surface area (Å²) in [6.45, 7) is 0. The first-order valence-electron chi connectivity index (χ1n) is 3.80. The summed E-state index contributed by atoms with van der Waals surface area (Å²) in [4.78, 5) is 0. The molecule has 0 heterocycles. The van der Waals surface area contributed by atoms with Gasteiger partial charge in [-0.3, -0.25) is 0 Å². The van der Waals surface area contributed by atoms with Crippen molar-refractivity contribution in [2.24, 2.45) is 0 Å². The van der Waals surface area contributed by atoms with Crippen LogP contribution in [0.15, 0.2) is 18.2 Å². The number of nitrogens with two attached hydrogens (primary N) is 1. The highest BCUT2D eigenvalue weighted by molar-refractivity contribution is 5.47. The largest absolute Gasteiger partial charge is 0.399 e. The standard InChI is InChI=1S/C9H10FN/c10-9-4-1-6-5-7(11)2-3-8(6)9/h2-3,5,9H,1,4,11H2. The molecule has 58 valence electrons. The van der Waals surface area contributed by atoms with E-state index >= 15 is 0 Å². The van der Waals surface area contributed by atoms with Gasteiger partial charge in [0.15, 0.2) is 0 Å².